The van der Waals surface area contributed by atoms with Crippen LogP contribution in [0.2, 0.25) is 0 Å². The smallest absolute Gasteiger partial charge is 0.303 e. The topological polar surface area (TPSA) is 37.3 Å². The number of carbonyl (C=O) groups is 1. The van der Waals surface area contributed by atoms with Crippen LogP contribution in [-0.2, 0) is 11.2 Å². The van der Waals surface area contributed by atoms with Gasteiger partial charge >= 0.3 is 5.97 Å². The summed E-state index contributed by atoms with van der Waals surface area (Å²) in [4.78, 5) is 10.5. The Bertz CT molecular complexity index is 323. The largest absolute Gasteiger partial charge is 0.481 e. The van der Waals surface area contributed by atoms with Crippen molar-refractivity contribution >= 4 is 21.9 Å². The summed E-state index contributed by atoms with van der Waals surface area (Å²) in [5.74, 6) is -0.547. The van der Waals surface area contributed by atoms with E-state index < -0.39 is 5.97 Å². The number of halogens is 1. The molecular weight excluding hydrogens is 244 g/mol. The quantitative estimate of drug-likeness (QED) is 0.899. The van der Waals surface area contributed by atoms with Gasteiger partial charge < -0.3 is 5.11 Å². The van der Waals surface area contributed by atoms with Gasteiger partial charge in [-0.1, -0.05) is 35.0 Å². The van der Waals surface area contributed by atoms with Crippen molar-refractivity contribution < 1.29 is 9.90 Å². The van der Waals surface area contributed by atoms with E-state index in [0.717, 1.165) is 10.9 Å². The Morgan fingerprint density at radius 2 is 2.29 bits per heavy atom. The van der Waals surface area contributed by atoms with Gasteiger partial charge in [0, 0.05) is 10.9 Å². The van der Waals surface area contributed by atoms with Crippen molar-refractivity contribution in [2.24, 2.45) is 5.92 Å². The minimum Gasteiger partial charge on any atom is -0.481 e. The average molecular weight is 257 g/mol. The van der Waals surface area contributed by atoms with Crippen LogP contribution in [0.3, 0.4) is 0 Å². The SMILES string of the molecule is C[C@@H](CC(=O)O)Cc1cccc(Br)c1. The Kier molecular flexibility index (Phi) is 4.14. The zero-order chi connectivity index (χ0) is 10.6. The molecule has 1 aromatic rings. The number of carboxylic acid groups (broad SMARTS) is 1. The van der Waals surface area contributed by atoms with Crippen molar-refractivity contribution in [3.63, 3.8) is 0 Å². The third-order valence-corrected chi connectivity index (χ3v) is 2.49. The van der Waals surface area contributed by atoms with E-state index in [4.69, 9.17) is 5.11 Å². The Hall–Kier alpha value is -0.830. The van der Waals surface area contributed by atoms with E-state index in [1.807, 2.05) is 31.2 Å². The summed E-state index contributed by atoms with van der Waals surface area (Å²) in [7, 11) is 0. The first-order valence-corrected chi connectivity index (χ1v) is 5.33. The summed E-state index contributed by atoms with van der Waals surface area (Å²) in [5, 5.41) is 8.61. The third-order valence-electron chi connectivity index (χ3n) is 2.00. The summed E-state index contributed by atoms with van der Waals surface area (Å²) < 4.78 is 1.04. The molecule has 0 saturated heterocycles. The second kappa shape index (κ2) is 5.15. The molecule has 0 aliphatic heterocycles. The Morgan fingerprint density at radius 3 is 2.86 bits per heavy atom. The lowest BCUT2D eigenvalue weighted by Gasteiger charge is -2.08. The molecule has 0 heterocycles. The average Bonchev–Trinajstić information content (AvgIpc) is 2.01. The molecule has 0 radical (unpaired) electrons. The molecule has 1 rings (SSSR count). The summed E-state index contributed by atoms with van der Waals surface area (Å²) in [6.07, 6.45) is 1.04. The Labute approximate surface area is 92.1 Å². The maximum absolute atomic E-state index is 10.5. The number of rotatable bonds is 4. The molecule has 0 aliphatic rings. The number of hydrogen-bond donors (Lipinski definition) is 1. The van der Waals surface area contributed by atoms with Crippen molar-refractivity contribution in [1.82, 2.24) is 0 Å². The predicted molar refractivity (Wildman–Crippen MR) is 59.3 cm³/mol. The highest BCUT2D eigenvalue weighted by molar-refractivity contribution is 9.10. The van der Waals surface area contributed by atoms with Gasteiger partial charge in [0.05, 0.1) is 0 Å². The molecule has 76 valence electrons. The molecule has 0 bridgehead atoms. The van der Waals surface area contributed by atoms with Crippen molar-refractivity contribution in [3.8, 4) is 0 Å². The van der Waals surface area contributed by atoms with Crippen LogP contribution in [0.5, 0.6) is 0 Å². The number of benzene rings is 1. The second-order valence-corrected chi connectivity index (χ2v) is 4.45. The van der Waals surface area contributed by atoms with Gasteiger partial charge in [-0.25, -0.2) is 0 Å². The maximum Gasteiger partial charge on any atom is 0.303 e. The molecule has 0 aliphatic carbocycles. The summed E-state index contributed by atoms with van der Waals surface area (Å²) in [5.41, 5.74) is 1.17. The van der Waals surface area contributed by atoms with Gasteiger partial charge in [0.15, 0.2) is 0 Å². The molecule has 3 heteroatoms. The molecule has 2 nitrogen and oxygen atoms in total. The molecule has 1 aromatic carbocycles. The fourth-order valence-electron chi connectivity index (χ4n) is 1.44. The molecule has 0 spiro atoms. The summed E-state index contributed by atoms with van der Waals surface area (Å²) in [6.45, 7) is 1.95. The molecule has 1 N–H and O–H groups in total. The van der Waals surface area contributed by atoms with Gasteiger partial charge in [-0.2, -0.15) is 0 Å². The predicted octanol–water partition coefficient (Wildman–Crippen LogP) is 3.10. The van der Waals surface area contributed by atoms with Crippen molar-refractivity contribution in [3.05, 3.63) is 34.3 Å². The van der Waals surface area contributed by atoms with E-state index in [1.54, 1.807) is 0 Å². The molecule has 0 unspecified atom stereocenters. The molecule has 1 atom stereocenters. The number of hydrogen-bond acceptors (Lipinski definition) is 1. The highest BCUT2D eigenvalue weighted by atomic mass is 79.9. The zero-order valence-electron chi connectivity index (χ0n) is 8.03. The van der Waals surface area contributed by atoms with Crippen molar-refractivity contribution in [2.45, 2.75) is 19.8 Å². The van der Waals surface area contributed by atoms with Gasteiger partial charge in [0.1, 0.15) is 0 Å². The van der Waals surface area contributed by atoms with Crippen LogP contribution in [0.15, 0.2) is 28.7 Å². The van der Waals surface area contributed by atoms with Crippen LogP contribution < -0.4 is 0 Å². The van der Waals surface area contributed by atoms with Crippen LogP contribution >= 0.6 is 15.9 Å². The standard InChI is InChI=1S/C11H13BrO2/c1-8(6-11(13)14)5-9-3-2-4-10(12)7-9/h2-4,7-8H,5-6H2,1H3,(H,13,14)/t8-/m1/s1. The minimum atomic E-state index is -0.729. The summed E-state index contributed by atoms with van der Waals surface area (Å²) >= 11 is 3.39. The molecule has 14 heavy (non-hydrogen) atoms. The Balaban J connectivity index is 2.55. The van der Waals surface area contributed by atoms with Crippen LogP contribution in [-0.4, -0.2) is 11.1 Å². The first-order chi connectivity index (χ1) is 6.58. The minimum absolute atomic E-state index is 0.182. The van der Waals surface area contributed by atoms with Gasteiger partial charge in [-0.15, -0.1) is 0 Å². The monoisotopic (exact) mass is 256 g/mol. The third kappa shape index (κ3) is 3.92. The van der Waals surface area contributed by atoms with E-state index in [0.29, 0.717) is 0 Å². The number of carboxylic acids is 1. The van der Waals surface area contributed by atoms with E-state index in [2.05, 4.69) is 15.9 Å². The lowest BCUT2D eigenvalue weighted by molar-refractivity contribution is -0.137. The molecule has 0 saturated carbocycles. The van der Waals surface area contributed by atoms with Gasteiger partial charge in [-0.05, 0) is 30.0 Å². The van der Waals surface area contributed by atoms with Crippen LogP contribution in [0.1, 0.15) is 18.9 Å². The van der Waals surface area contributed by atoms with Crippen molar-refractivity contribution in [1.29, 1.82) is 0 Å². The van der Waals surface area contributed by atoms with E-state index in [9.17, 15) is 4.79 Å². The van der Waals surface area contributed by atoms with E-state index >= 15 is 0 Å². The maximum atomic E-state index is 10.5. The zero-order valence-corrected chi connectivity index (χ0v) is 9.62. The lowest BCUT2D eigenvalue weighted by Crippen LogP contribution is -2.06. The van der Waals surface area contributed by atoms with E-state index in [-0.39, 0.29) is 12.3 Å². The number of aliphatic carboxylic acids is 1. The second-order valence-electron chi connectivity index (χ2n) is 3.54. The van der Waals surface area contributed by atoms with E-state index in [1.165, 1.54) is 5.56 Å². The normalized spacial score (nSPS) is 12.4. The lowest BCUT2D eigenvalue weighted by atomic mass is 9.98. The van der Waals surface area contributed by atoms with Crippen LogP contribution in [0, 0.1) is 5.92 Å². The summed E-state index contributed by atoms with van der Waals surface area (Å²) in [6, 6.07) is 7.97. The fraction of sp³-hybridized carbons (Fsp3) is 0.364. The first kappa shape index (κ1) is 11.2. The molecular formula is C11H13BrO2. The molecule has 0 aromatic heterocycles. The van der Waals surface area contributed by atoms with Gasteiger partial charge in [-0.3, -0.25) is 4.79 Å². The van der Waals surface area contributed by atoms with Crippen LogP contribution in [0.4, 0.5) is 0 Å². The Morgan fingerprint density at radius 1 is 1.57 bits per heavy atom. The van der Waals surface area contributed by atoms with Gasteiger partial charge in [0.2, 0.25) is 0 Å². The highest BCUT2D eigenvalue weighted by Gasteiger charge is 2.08. The molecule has 0 amide bonds. The van der Waals surface area contributed by atoms with Crippen LogP contribution in [0.25, 0.3) is 0 Å². The van der Waals surface area contributed by atoms with Gasteiger partial charge in [0.25, 0.3) is 0 Å². The first-order valence-electron chi connectivity index (χ1n) is 4.54. The van der Waals surface area contributed by atoms with Crippen molar-refractivity contribution in [2.75, 3.05) is 0 Å². The fourth-order valence-corrected chi connectivity index (χ4v) is 1.88. The highest BCUT2D eigenvalue weighted by Crippen LogP contribution is 2.16. The molecule has 0 fully saturated rings.